The molecule has 18 heavy (non-hydrogen) atoms. The van der Waals surface area contributed by atoms with Gasteiger partial charge in [-0.05, 0) is 33.1 Å². The van der Waals surface area contributed by atoms with Gasteiger partial charge in [-0.25, -0.2) is 17.9 Å². The molecule has 1 saturated carbocycles. The van der Waals surface area contributed by atoms with E-state index in [4.69, 9.17) is 4.74 Å². The van der Waals surface area contributed by atoms with Gasteiger partial charge in [0.25, 0.3) is 0 Å². The monoisotopic (exact) mass is 275 g/mol. The standard InChI is InChI=1S/C12H21NO4S/c1-9(2)11(14)17-12(3)8-6-5-7-10(12)13-18(4,15)16/h10,13H,1,5-8H2,2-4H3. The predicted octanol–water partition coefficient (Wildman–Crippen LogP) is 1.36. The molecule has 5 nitrogen and oxygen atoms in total. The fourth-order valence-electron chi connectivity index (χ4n) is 2.17. The molecule has 0 aromatic rings. The summed E-state index contributed by atoms with van der Waals surface area (Å²) in [5.41, 5.74) is -0.475. The number of ether oxygens (including phenoxy) is 1. The lowest BCUT2D eigenvalue weighted by atomic mass is 9.82. The van der Waals surface area contributed by atoms with Crippen molar-refractivity contribution in [3.8, 4) is 0 Å². The first-order valence-electron chi connectivity index (χ1n) is 6.00. The Labute approximate surface area is 109 Å². The molecule has 2 unspecified atom stereocenters. The number of nitrogens with one attached hydrogen (secondary N) is 1. The Balaban J connectivity index is 2.86. The number of carbonyl (C=O) groups excluding carboxylic acids is 1. The second kappa shape index (κ2) is 5.40. The first-order valence-corrected chi connectivity index (χ1v) is 7.89. The van der Waals surface area contributed by atoms with Crippen molar-refractivity contribution in [2.75, 3.05) is 6.26 Å². The maximum absolute atomic E-state index is 11.6. The predicted molar refractivity (Wildman–Crippen MR) is 69.5 cm³/mol. The molecule has 0 heterocycles. The molecule has 0 bridgehead atoms. The summed E-state index contributed by atoms with van der Waals surface area (Å²) in [6.07, 6.45) is 4.28. The molecule has 1 rings (SSSR count). The first kappa shape index (κ1) is 15.2. The van der Waals surface area contributed by atoms with Gasteiger partial charge in [0.2, 0.25) is 10.0 Å². The summed E-state index contributed by atoms with van der Waals surface area (Å²) in [5.74, 6) is -0.472. The molecular formula is C12H21NO4S. The minimum atomic E-state index is -3.31. The smallest absolute Gasteiger partial charge is 0.333 e. The van der Waals surface area contributed by atoms with Gasteiger partial charge in [0.05, 0.1) is 12.3 Å². The average molecular weight is 275 g/mol. The molecule has 1 N–H and O–H groups in total. The Kier molecular flexibility index (Phi) is 4.55. The van der Waals surface area contributed by atoms with E-state index in [-0.39, 0.29) is 6.04 Å². The van der Waals surface area contributed by atoms with Crippen LogP contribution in [0.3, 0.4) is 0 Å². The third-order valence-electron chi connectivity index (χ3n) is 3.18. The van der Waals surface area contributed by atoms with Crippen molar-refractivity contribution in [1.82, 2.24) is 4.72 Å². The van der Waals surface area contributed by atoms with Crippen LogP contribution in [0.1, 0.15) is 39.5 Å². The molecule has 6 heteroatoms. The van der Waals surface area contributed by atoms with Gasteiger partial charge in [-0.2, -0.15) is 0 Å². The Hall–Kier alpha value is -0.880. The van der Waals surface area contributed by atoms with Gasteiger partial charge >= 0.3 is 5.97 Å². The first-order chi connectivity index (χ1) is 8.14. The summed E-state index contributed by atoms with van der Waals surface area (Å²) in [6.45, 7) is 6.89. The van der Waals surface area contributed by atoms with Crippen LogP contribution in [0.15, 0.2) is 12.2 Å². The summed E-state index contributed by atoms with van der Waals surface area (Å²) < 4.78 is 30.7. The molecule has 0 aromatic carbocycles. The lowest BCUT2D eigenvalue weighted by Gasteiger charge is -2.40. The number of sulfonamides is 1. The van der Waals surface area contributed by atoms with Gasteiger partial charge in [-0.1, -0.05) is 13.0 Å². The van der Waals surface area contributed by atoms with Crippen molar-refractivity contribution < 1.29 is 17.9 Å². The van der Waals surface area contributed by atoms with Gasteiger partial charge in [0.15, 0.2) is 0 Å². The zero-order chi connectivity index (χ0) is 14.0. The van der Waals surface area contributed by atoms with Gasteiger partial charge < -0.3 is 4.74 Å². The van der Waals surface area contributed by atoms with Gasteiger partial charge in [-0.3, -0.25) is 0 Å². The van der Waals surface area contributed by atoms with E-state index in [1.54, 1.807) is 13.8 Å². The van der Waals surface area contributed by atoms with Crippen molar-refractivity contribution in [3.05, 3.63) is 12.2 Å². The van der Waals surface area contributed by atoms with E-state index < -0.39 is 21.6 Å². The molecule has 1 aliphatic rings. The third kappa shape index (κ3) is 4.10. The van der Waals surface area contributed by atoms with Crippen molar-refractivity contribution in [3.63, 3.8) is 0 Å². The van der Waals surface area contributed by atoms with Crippen LogP contribution in [-0.2, 0) is 19.6 Å². The number of hydrogen-bond acceptors (Lipinski definition) is 4. The normalized spacial score (nSPS) is 28.7. The van der Waals surface area contributed by atoms with Crippen LogP contribution in [0.25, 0.3) is 0 Å². The second-order valence-electron chi connectivity index (χ2n) is 5.17. The molecule has 0 amide bonds. The van der Waals surface area contributed by atoms with E-state index in [1.165, 1.54) is 0 Å². The molecule has 0 radical (unpaired) electrons. The summed E-state index contributed by atoms with van der Waals surface area (Å²) in [4.78, 5) is 11.6. The molecule has 1 fully saturated rings. The fourth-order valence-corrected chi connectivity index (χ4v) is 3.05. The Bertz CT molecular complexity index is 443. The largest absolute Gasteiger partial charge is 0.454 e. The summed E-state index contributed by atoms with van der Waals surface area (Å²) in [7, 11) is -3.31. The lowest BCUT2D eigenvalue weighted by Crippen LogP contribution is -2.54. The Morgan fingerprint density at radius 3 is 2.56 bits per heavy atom. The maximum Gasteiger partial charge on any atom is 0.333 e. The third-order valence-corrected chi connectivity index (χ3v) is 3.90. The zero-order valence-electron chi connectivity index (χ0n) is 11.2. The van der Waals surface area contributed by atoms with E-state index in [1.807, 2.05) is 0 Å². The van der Waals surface area contributed by atoms with Crippen molar-refractivity contribution in [2.45, 2.75) is 51.2 Å². The van der Waals surface area contributed by atoms with E-state index in [9.17, 15) is 13.2 Å². The van der Waals surface area contributed by atoms with E-state index in [0.29, 0.717) is 18.4 Å². The molecule has 0 spiro atoms. The molecule has 0 aliphatic heterocycles. The molecule has 104 valence electrons. The quantitative estimate of drug-likeness (QED) is 0.621. The second-order valence-corrected chi connectivity index (χ2v) is 6.95. The van der Waals surface area contributed by atoms with Gasteiger partial charge in [-0.15, -0.1) is 0 Å². The topological polar surface area (TPSA) is 72.5 Å². The van der Waals surface area contributed by atoms with Crippen molar-refractivity contribution in [2.24, 2.45) is 0 Å². The minimum absolute atomic E-state index is 0.319. The van der Waals surface area contributed by atoms with Crippen LogP contribution in [0.5, 0.6) is 0 Å². The highest BCUT2D eigenvalue weighted by molar-refractivity contribution is 7.88. The van der Waals surface area contributed by atoms with Crippen LogP contribution >= 0.6 is 0 Å². The molecule has 2 atom stereocenters. The molecular weight excluding hydrogens is 254 g/mol. The van der Waals surface area contributed by atoms with Crippen LogP contribution < -0.4 is 4.72 Å². The Morgan fingerprint density at radius 1 is 1.44 bits per heavy atom. The summed E-state index contributed by atoms with van der Waals surface area (Å²) in [6, 6.07) is -0.371. The lowest BCUT2D eigenvalue weighted by molar-refractivity contribution is -0.158. The van der Waals surface area contributed by atoms with Crippen LogP contribution in [0.2, 0.25) is 0 Å². The number of carbonyl (C=O) groups is 1. The van der Waals surface area contributed by atoms with Crippen molar-refractivity contribution in [1.29, 1.82) is 0 Å². The Morgan fingerprint density at radius 2 is 2.06 bits per heavy atom. The minimum Gasteiger partial charge on any atom is -0.454 e. The maximum atomic E-state index is 11.6. The van der Waals surface area contributed by atoms with Gasteiger partial charge in [0.1, 0.15) is 5.60 Å². The molecule has 1 aliphatic carbocycles. The van der Waals surface area contributed by atoms with Crippen molar-refractivity contribution >= 4 is 16.0 Å². The summed E-state index contributed by atoms with van der Waals surface area (Å²) in [5, 5.41) is 0. The highest BCUT2D eigenvalue weighted by Gasteiger charge is 2.41. The highest BCUT2D eigenvalue weighted by atomic mass is 32.2. The average Bonchev–Trinajstić information content (AvgIpc) is 2.19. The number of esters is 1. The van der Waals surface area contributed by atoms with E-state index in [2.05, 4.69) is 11.3 Å². The zero-order valence-corrected chi connectivity index (χ0v) is 12.0. The SMILES string of the molecule is C=C(C)C(=O)OC1(C)CCCCC1NS(C)(=O)=O. The van der Waals surface area contributed by atoms with Crippen LogP contribution in [-0.4, -0.2) is 32.3 Å². The van der Waals surface area contributed by atoms with E-state index >= 15 is 0 Å². The molecule has 0 aromatic heterocycles. The number of hydrogen-bond donors (Lipinski definition) is 1. The number of rotatable bonds is 4. The highest BCUT2D eigenvalue weighted by Crippen LogP contribution is 2.32. The van der Waals surface area contributed by atoms with Gasteiger partial charge in [0, 0.05) is 5.57 Å². The fraction of sp³-hybridized carbons (Fsp3) is 0.750. The van der Waals surface area contributed by atoms with Crippen LogP contribution in [0.4, 0.5) is 0 Å². The van der Waals surface area contributed by atoms with E-state index in [0.717, 1.165) is 19.1 Å². The summed E-state index contributed by atoms with van der Waals surface area (Å²) >= 11 is 0. The molecule has 0 saturated heterocycles. The van der Waals surface area contributed by atoms with Crippen LogP contribution in [0, 0.1) is 0 Å².